The van der Waals surface area contributed by atoms with Crippen LogP contribution in [0.4, 0.5) is 27.4 Å². The number of nitrogens with zero attached hydrogens (tertiary/aromatic N) is 9. The first-order chi connectivity index (χ1) is 60.0. The molecule has 0 saturated heterocycles. The van der Waals surface area contributed by atoms with Crippen LogP contribution in [0.3, 0.4) is 0 Å². The monoisotopic (exact) mass is 1700 g/mol. The number of fused-ring (bicyclic) bond motifs is 8. The summed E-state index contributed by atoms with van der Waals surface area (Å²) >= 11 is 0. The lowest BCUT2D eigenvalue weighted by Crippen LogP contribution is -2.24. The number of anilines is 2. The molecule has 0 radical (unpaired) electrons. The minimum absolute atomic E-state index is 0.0967. The fourth-order valence-electron chi connectivity index (χ4n) is 13.9. The zero-order valence-corrected chi connectivity index (χ0v) is 77.6. The quantitative estimate of drug-likeness (QED) is 0.0620. The molecular weight excluding hydrogens is 1570 g/mol. The molecule has 1 aliphatic rings. The Labute approximate surface area is 741 Å². The molecule has 0 fully saturated rings. The Morgan fingerprint density at radius 2 is 0.944 bits per heavy atom. The van der Waals surface area contributed by atoms with Gasteiger partial charge in [0.15, 0.2) is 34.0 Å². The van der Waals surface area contributed by atoms with E-state index in [1.165, 1.54) is 95.0 Å². The van der Waals surface area contributed by atoms with Crippen LogP contribution in [0.2, 0.25) is 0 Å². The Hall–Kier alpha value is -13.2. The summed E-state index contributed by atoms with van der Waals surface area (Å²) in [6.07, 6.45) is 18.1. The first-order valence-corrected chi connectivity index (χ1v) is 43.7. The minimum Gasteiger partial charge on any atom is -0.387 e. The van der Waals surface area contributed by atoms with Gasteiger partial charge in [-0.2, -0.15) is 0 Å². The minimum atomic E-state index is -0.420. The molecule has 0 atom stereocenters. The van der Waals surface area contributed by atoms with Crippen LogP contribution in [-0.4, -0.2) is 55.9 Å². The molecule has 7 aromatic carbocycles. The third-order valence-electron chi connectivity index (χ3n) is 21.6. The van der Waals surface area contributed by atoms with Crippen molar-refractivity contribution in [3.63, 3.8) is 0 Å². The van der Waals surface area contributed by atoms with E-state index in [4.69, 9.17) is 41.9 Å². The van der Waals surface area contributed by atoms with E-state index in [0.29, 0.717) is 76.7 Å². The van der Waals surface area contributed by atoms with Crippen molar-refractivity contribution < 1.29 is 22.5 Å². The molecule has 17 aromatic rings. The lowest BCUT2D eigenvalue weighted by molar-refractivity contribution is 0.456. The Bertz CT molecular complexity index is 6200. The van der Waals surface area contributed by atoms with Crippen molar-refractivity contribution in [2.45, 2.75) is 231 Å². The molecule has 0 amide bonds. The van der Waals surface area contributed by atoms with Crippen LogP contribution in [0.1, 0.15) is 278 Å². The largest absolute Gasteiger partial charge is 0.387 e. The average Bonchev–Trinajstić information content (AvgIpc) is 1.71. The number of nitrogens with two attached hydrogens (primary N) is 3. The summed E-state index contributed by atoms with van der Waals surface area (Å²) in [5.41, 5.74) is 39.7. The highest BCUT2D eigenvalue weighted by Crippen LogP contribution is 2.33. The number of aromatic nitrogens is 10. The number of hydrogen-bond acceptors (Lipinski definition) is 15. The average molecular weight is 1700 g/mol. The molecule has 21 heteroatoms. The van der Waals surface area contributed by atoms with E-state index in [0.717, 1.165) is 85.1 Å². The van der Waals surface area contributed by atoms with Gasteiger partial charge >= 0.3 is 0 Å². The van der Waals surface area contributed by atoms with Crippen molar-refractivity contribution in [3.8, 4) is 0 Å². The molecule has 1 aliphatic heterocycles. The van der Waals surface area contributed by atoms with E-state index in [9.17, 15) is 9.18 Å². The zero-order valence-electron chi connectivity index (χ0n) is 77.6. The second-order valence-electron chi connectivity index (χ2n) is 35.3. The van der Waals surface area contributed by atoms with Crippen LogP contribution in [-0.2, 0) is 13.0 Å². The molecule has 10 aromatic heterocycles. The number of hydrogen-bond donors (Lipinski definition) is 6. The van der Waals surface area contributed by atoms with Crippen molar-refractivity contribution in [2.24, 2.45) is 16.6 Å². The molecule has 9 N–H and O–H groups in total. The number of aromatic amines is 3. The van der Waals surface area contributed by atoms with E-state index in [2.05, 4.69) is 279 Å². The van der Waals surface area contributed by atoms with Crippen molar-refractivity contribution in [3.05, 3.63) is 308 Å². The van der Waals surface area contributed by atoms with Crippen LogP contribution >= 0.6 is 0 Å². The van der Waals surface area contributed by atoms with Crippen LogP contribution in [0.25, 0.3) is 81.6 Å². The number of nitrogens with one attached hydrogen (secondary N) is 3. The Morgan fingerprint density at radius 1 is 0.444 bits per heavy atom. The van der Waals surface area contributed by atoms with Crippen molar-refractivity contribution >= 4 is 106 Å². The SMILES string of the molecule is CC(C)c1c[nH]c2ccccc12.CC(C)c1c[nH]c2ccncc12.CC(C)c1c[nH]c2ncccc12.CC(C)c1ccc2c(N)noc2c1.CC(C)c1ccc2c(c1)CC(N)=N2.CC(C)c1ccc2cnoc2c1.CC(C)c1ccc2onc(N)c2c1.CC(C)c1ccc2oncc2c1.Cc1cc(C(C)C)cn(CC(C)C)c1=O.[C-]#[N+]c1ccc(C(C)C)cc1F. The van der Waals surface area contributed by atoms with Gasteiger partial charge in [0.05, 0.1) is 35.4 Å². The normalized spacial score (nSPS) is 11.5. The van der Waals surface area contributed by atoms with E-state index in [1.807, 2.05) is 123 Å². The third kappa shape index (κ3) is 26.4. The van der Waals surface area contributed by atoms with E-state index in [-0.39, 0.29) is 11.2 Å². The Balaban J connectivity index is 0.000000158. The summed E-state index contributed by atoms with van der Waals surface area (Å²) in [6, 6.07) is 52.0. The number of benzene rings is 7. The Kier molecular flexibility index (Phi) is 34.8. The summed E-state index contributed by atoms with van der Waals surface area (Å²) in [5, 5.41) is 22.6. The summed E-state index contributed by atoms with van der Waals surface area (Å²) in [5.74, 6) is 6.92. The topological polar surface area (TPSA) is 294 Å². The van der Waals surface area contributed by atoms with Crippen LogP contribution in [0.5, 0.6) is 0 Å². The van der Waals surface area contributed by atoms with E-state index in [1.54, 1.807) is 18.5 Å². The van der Waals surface area contributed by atoms with Gasteiger partial charge in [0.25, 0.3) is 5.56 Å². The highest BCUT2D eigenvalue weighted by atomic mass is 19.1. The molecule has 0 unspecified atom stereocenters. The lowest BCUT2D eigenvalue weighted by Gasteiger charge is -2.13. The van der Waals surface area contributed by atoms with Crippen molar-refractivity contribution in [2.75, 3.05) is 11.5 Å². The number of aliphatic imine (C=N–C) groups is 1. The summed E-state index contributed by atoms with van der Waals surface area (Å²) in [7, 11) is 0. The zero-order chi connectivity index (χ0) is 91.8. The van der Waals surface area contributed by atoms with Gasteiger partial charge in [-0.1, -0.05) is 240 Å². The number of para-hydroxylation sites is 1. The second kappa shape index (κ2) is 45.4. The number of pyridine rings is 3. The van der Waals surface area contributed by atoms with Crippen molar-refractivity contribution in [1.82, 2.24) is 50.1 Å². The van der Waals surface area contributed by atoms with Gasteiger partial charge in [0, 0.05) is 99.9 Å². The first-order valence-electron chi connectivity index (χ1n) is 43.7. The molecule has 0 bridgehead atoms. The molecule has 11 heterocycles. The van der Waals surface area contributed by atoms with Crippen LogP contribution < -0.4 is 22.8 Å². The van der Waals surface area contributed by atoms with E-state index < -0.39 is 5.82 Å². The maximum absolute atomic E-state index is 13.0. The van der Waals surface area contributed by atoms with Gasteiger partial charge in [-0.25, -0.2) is 19.2 Å². The number of aryl methyl sites for hydroxylation is 1. The highest BCUT2D eigenvalue weighted by Gasteiger charge is 2.16. The Morgan fingerprint density at radius 3 is 1.56 bits per heavy atom. The molecule has 0 aliphatic carbocycles. The van der Waals surface area contributed by atoms with Gasteiger partial charge < -0.3 is 54.8 Å². The van der Waals surface area contributed by atoms with Gasteiger partial charge in [0.2, 0.25) is 5.69 Å². The predicted octanol–water partition coefficient (Wildman–Crippen LogP) is 28.4. The van der Waals surface area contributed by atoms with Gasteiger partial charge in [0.1, 0.15) is 17.3 Å². The second-order valence-corrected chi connectivity index (χ2v) is 35.3. The smallest absolute Gasteiger partial charge is 0.253 e. The lowest BCUT2D eigenvalue weighted by atomic mass is 9.99. The van der Waals surface area contributed by atoms with Crippen LogP contribution in [0, 0.1) is 25.2 Å². The first kappa shape index (κ1) is 96.6. The van der Waals surface area contributed by atoms with Gasteiger partial charge in [-0.3, -0.25) is 9.78 Å². The number of nitrogen functional groups attached to an aromatic ring is 2. The number of amidine groups is 1. The van der Waals surface area contributed by atoms with Gasteiger partial charge in [-0.15, -0.1) is 0 Å². The standard InChI is InChI=1S/C13H21NO.C11H14N2.C11H13N.C10H10FN.2C10H12N2O.2C10H12N2.2C10H11NO/c1-9(2)7-14-8-12(10(3)4)6-11(5)13(14)15;1-7(2)8-3-4-10-9(5-8)6-11(12)13-10;1-8(2)10-7-12-11-6-4-3-5-9(10)11;1-7(2)8-4-5-10(12-3)9(11)6-8;1-6(2)7-3-4-9-8(5-7)10(11)12-13-9;1-6(2)7-3-4-8-9(5-7)13-12-10(8)11;1-7(2)8-6-12-10-3-4-11-5-9(8)10;1-7(2)9-6-12-10-8(9)4-3-5-11-10;1-7(2)8-3-4-10-9(5-8)6-11-12-10;1-7(2)8-3-4-9-6-11-12-10(9)5-8/h6,8-10H,7H2,1-5H3;3-5,7H,6H2,1-2H3,(H2,12,13);3-8,12H,1-2H3;4-7H,1-2H3;2*3-6H,1-2H3,(H2,11,12);3-7,12H,1-2H3;3-7H,1-2H3,(H,11,12);2*3-7H,1-2H3. The summed E-state index contributed by atoms with van der Waals surface area (Å²) in [4.78, 5) is 37.1. The predicted molar refractivity (Wildman–Crippen MR) is 521 cm³/mol. The van der Waals surface area contributed by atoms with Crippen LogP contribution in [0.15, 0.2) is 241 Å². The van der Waals surface area contributed by atoms with E-state index >= 15 is 0 Å². The van der Waals surface area contributed by atoms with Crippen molar-refractivity contribution in [1.29, 1.82) is 0 Å². The molecular formula is C105H128FN15O5. The fourth-order valence-corrected chi connectivity index (χ4v) is 13.9. The maximum atomic E-state index is 13.0. The fraction of sp³-hybridized carbons (Fsp3) is 0.343. The number of halogens is 1. The number of rotatable bonds is 12. The molecule has 126 heavy (non-hydrogen) atoms. The molecule has 0 saturated carbocycles. The van der Waals surface area contributed by atoms with Gasteiger partial charge in [-0.05, 0) is 224 Å². The molecule has 20 nitrogen and oxygen atoms in total. The maximum Gasteiger partial charge on any atom is 0.253 e. The summed E-state index contributed by atoms with van der Waals surface area (Å²) in [6.45, 7) is 56.7. The highest BCUT2D eigenvalue weighted by molar-refractivity contribution is 5.91. The number of H-pyrrole nitrogens is 3. The molecule has 660 valence electrons. The third-order valence-corrected chi connectivity index (χ3v) is 21.6. The molecule has 18 rings (SSSR count). The molecule has 0 spiro atoms. The summed E-state index contributed by atoms with van der Waals surface area (Å²) < 4.78 is 35.0.